The maximum Gasteiger partial charge on any atom is 0.208 e. The molecule has 0 bridgehead atoms. The molecule has 0 fully saturated rings. The van der Waals surface area contributed by atoms with E-state index in [0.717, 1.165) is 21.8 Å². The lowest BCUT2D eigenvalue weighted by atomic mass is 9.94. The summed E-state index contributed by atoms with van der Waals surface area (Å²) >= 11 is 3.59. The number of nitrogens with zero attached hydrogens (tertiary/aromatic N) is 1. The molecule has 1 heterocycles. The fourth-order valence-electron chi connectivity index (χ4n) is 1.97. The van der Waals surface area contributed by atoms with Crippen molar-refractivity contribution in [2.75, 3.05) is 0 Å². The third-order valence-electron chi connectivity index (χ3n) is 3.30. The van der Waals surface area contributed by atoms with E-state index in [1.807, 2.05) is 26.0 Å². The summed E-state index contributed by atoms with van der Waals surface area (Å²) in [6.45, 7) is 8.81. The first kappa shape index (κ1) is 14.3. The number of halogens is 1. The van der Waals surface area contributed by atoms with Crippen molar-refractivity contribution >= 4 is 15.9 Å². The van der Waals surface area contributed by atoms with Gasteiger partial charge in [0.15, 0.2) is 0 Å². The van der Waals surface area contributed by atoms with Gasteiger partial charge in [-0.15, -0.1) is 0 Å². The molecule has 0 aliphatic heterocycles. The van der Waals surface area contributed by atoms with Crippen LogP contribution in [0, 0.1) is 13.8 Å². The van der Waals surface area contributed by atoms with E-state index in [4.69, 9.17) is 4.42 Å². The molecule has 1 aromatic carbocycles. The Morgan fingerprint density at radius 1 is 1.26 bits per heavy atom. The monoisotopic (exact) mass is 322 g/mol. The Balaban J connectivity index is 2.11. The first-order valence-electron chi connectivity index (χ1n) is 6.33. The van der Waals surface area contributed by atoms with Crippen molar-refractivity contribution in [2.24, 2.45) is 0 Å². The average molecular weight is 323 g/mol. The van der Waals surface area contributed by atoms with Crippen LogP contribution < -0.4 is 5.32 Å². The van der Waals surface area contributed by atoms with Crippen LogP contribution in [0.25, 0.3) is 0 Å². The highest BCUT2D eigenvalue weighted by Crippen LogP contribution is 2.28. The predicted octanol–water partition coefficient (Wildman–Crippen LogP) is 4.08. The molecule has 2 aromatic rings. The van der Waals surface area contributed by atoms with Crippen LogP contribution in [-0.4, -0.2) is 4.98 Å². The molecule has 1 aromatic heterocycles. The van der Waals surface area contributed by atoms with Gasteiger partial charge >= 0.3 is 0 Å². The van der Waals surface area contributed by atoms with Crippen molar-refractivity contribution in [3.8, 4) is 0 Å². The van der Waals surface area contributed by atoms with Crippen LogP contribution in [0.15, 0.2) is 33.2 Å². The molecule has 19 heavy (non-hydrogen) atoms. The van der Waals surface area contributed by atoms with Crippen molar-refractivity contribution < 1.29 is 4.42 Å². The second-order valence-corrected chi connectivity index (χ2v) is 6.06. The summed E-state index contributed by atoms with van der Waals surface area (Å²) in [6.07, 6.45) is 0. The van der Waals surface area contributed by atoms with Crippen LogP contribution in [0.5, 0.6) is 0 Å². The second kappa shape index (κ2) is 5.47. The van der Waals surface area contributed by atoms with Gasteiger partial charge in [-0.05, 0) is 39.3 Å². The lowest BCUT2D eigenvalue weighted by molar-refractivity contribution is 0.359. The molecule has 0 saturated heterocycles. The Hall–Kier alpha value is -1.13. The van der Waals surface area contributed by atoms with Crippen LogP contribution in [0.2, 0.25) is 0 Å². The quantitative estimate of drug-likeness (QED) is 0.921. The summed E-state index contributed by atoms with van der Waals surface area (Å²) in [5.41, 5.74) is 2.02. The maximum absolute atomic E-state index is 5.59. The molecular weight excluding hydrogens is 304 g/mol. The zero-order chi connectivity index (χ0) is 14.0. The Morgan fingerprint density at radius 3 is 2.53 bits per heavy atom. The minimum Gasteiger partial charge on any atom is -0.444 e. The minimum absolute atomic E-state index is 0.156. The fourth-order valence-corrected chi connectivity index (χ4v) is 2.76. The molecule has 3 nitrogen and oxygen atoms in total. The largest absolute Gasteiger partial charge is 0.444 e. The van der Waals surface area contributed by atoms with Crippen molar-refractivity contribution in [1.29, 1.82) is 0 Å². The number of nitrogens with one attached hydrogen (secondary N) is 1. The van der Waals surface area contributed by atoms with E-state index in [0.29, 0.717) is 6.54 Å². The Labute approximate surface area is 122 Å². The summed E-state index contributed by atoms with van der Waals surface area (Å²) in [5.74, 6) is 1.62. The van der Waals surface area contributed by atoms with Gasteiger partial charge in [-0.25, -0.2) is 4.98 Å². The molecule has 4 heteroatoms. The van der Waals surface area contributed by atoms with Gasteiger partial charge < -0.3 is 4.42 Å². The van der Waals surface area contributed by atoms with Crippen LogP contribution >= 0.6 is 15.9 Å². The first-order chi connectivity index (χ1) is 8.90. The van der Waals surface area contributed by atoms with E-state index in [1.54, 1.807) is 0 Å². The Kier molecular flexibility index (Phi) is 4.11. The zero-order valence-electron chi connectivity index (χ0n) is 11.7. The highest BCUT2D eigenvalue weighted by atomic mass is 79.9. The van der Waals surface area contributed by atoms with Crippen LogP contribution in [0.4, 0.5) is 0 Å². The average Bonchev–Trinajstić information content (AvgIpc) is 2.67. The Morgan fingerprint density at radius 2 is 1.95 bits per heavy atom. The molecule has 2 rings (SSSR count). The van der Waals surface area contributed by atoms with E-state index < -0.39 is 0 Å². The molecule has 0 spiro atoms. The van der Waals surface area contributed by atoms with Crippen molar-refractivity contribution in [3.63, 3.8) is 0 Å². The SMILES string of the molecule is Cc1nc(CNC(C)(C)c2ccccc2Br)oc1C. The lowest BCUT2D eigenvalue weighted by Gasteiger charge is -2.27. The summed E-state index contributed by atoms with van der Waals surface area (Å²) in [4.78, 5) is 4.39. The minimum atomic E-state index is -0.156. The normalized spacial score (nSPS) is 11.8. The van der Waals surface area contributed by atoms with Gasteiger partial charge in [-0.1, -0.05) is 34.1 Å². The summed E-state index contributed by atoms with van der Waals surface area (Å²) in [7, 11) is 0. The Bertz CT molecular complexity index is 556. The molecule has 0 atom stereocenters. The van der Waals surface area contributed by atoms with Crippen molar-refractivity contribution in [1.82, 2.24) is 10.3 Å². The molecule has 0 aliphatic carbocycles. The van der Waals surface area contributed by atoms with Gasteiger partial charge in [0, 0.05) is 10.0 Å². The van der Waals surface area contributed by atoms with Crippen molar-refractivity contribution in [2.45, 2.75) is 39.8 Å². The fraction of sp³-hybridized carbons (Fsp3) is 0.400. The first-order valence-corrected chi connectivity index (χ1v) is 7.12. The van der Waals surface area contributed by atoms with Gasteiger partial charge in [0.25, 0.3) is 0 Å². The molecule has 0 aliphatic rings. The number of aromatic nitrogens is 1. The van der Waals surface area contributed by atoms with E-state index in [9.17, 15) is 0 Å². The highest BCUT2D eigenvalue weighted by Gasteiger charge is 2.22. The molecule has 0 unspecified atom stereocenters. The van der Waals surface area contributed by atoms with Crippen molar-refractivity contribution in [3.05, 3.63) is 51.6 Å². The number of oxazole rings is 1. The summed E-state index contributed by atoms with van der Waals surface area (Å²) < 4.78 is 6.69. The van der Waals surface area contributed by atoms with Gasteiger partial charge in [-0.3, -0.25) is 5.32 Å². The van der Waals surface area contributed by atoms with Gasteiger partial charge in [0.2, 0.25) is 5.89 Å². The number of hydrogen-bond donors (Lipinski definition) is 1. The van der Waals surface area contributed by atoms with E-state index in [-0.39, 0.29) is 5.54 Å². The predicted molar refractivity (Wildman–Crippen MR) is 80.0 cm³/mol. The van der Waals surface area contributed by atoms with E-state index in [1.165, 1.54) is 5.56 Å². The maximum atomic E-state index is 5.59. The lowest BCUT2D eigenvalue weighted by Crippen LogP contribution is -2.36. The smallest absolute Gasteiger partial charge is 0.208 e. The van der Waals surface area contributed by atoms with Gasteiger partial charge in [0.05, 0.1) is 12.2 Å². The molecule has 0 saturated carbocycles. The van der Waals surface area contributed by atoms with Gasteiger partial charge in [0.1, 0.15) is 5.76 Å². The number of hydrogen-bond acceptors (Lipinski definition) is 3. The summed E-state index contributed by atoms with van der Waals surface area (Å²) in [6, 6.07) is 8.23. The second-order valence-electron chi connectivity index (χ2n) is 5.21. The standard InChI is InChI=1S/C15H19BrN2O/c1-10-11(2)19-14(18-10)9-17-15(3,4)12-7-5-6-8-13(12)16/h5-8,17H,9H2,1-4H3. The van der Waals surface area contributed by atoms with E-state index >= 15 is 0 Å². The number of rotatable bonds is 4. The zero-order valence-corrected chi connectivity index (χ0v) is 13.3. The molecule has 1 N–H and O–H groups in total. The number of benzene rings is 1. The van der Waals surface area contributed by atoms with Gasteiger partial charge in [-0.2, -0.15) is 0 Å². The highest BCUT2D eigenvalue weighted by molar-refractivity contribution is 9.10. The molecule has 0 radical (unpaired) electrons. The van der Waals surface area contributed by atoms with E-state index in [2.05, 4.69) is 52.2 Å². The third kappa shape index (κ3) is 3.25. The van der Waals surface area contributed by atoms with Crippen LogP contribution in [0.1, 0.15) is 36.8 Å². The third-order valence-corrected chi connectivity index (χ3v) is 3.99. The molecular formula is C15H19BrN2O. The topological polar surface area (TPSA) is 38.1 Å². The summed E-state index contributed by atoms with van der Waals surface area (Å²) in [5, 5.41) is 3.49. The van der Waals surface area contributed by atoms with Crippen LogP contribution in [-0.2, 0) is 12.1 Å². The molecule has 102 valence electrons. The number of aryl methyl sites for hydroxylation is 2. The van der Waals surface area contributed by atoms with Crippen LogP contribution in [0.3, 0.4) is 0 Å². The molecule has 0 amide bonds.